The molecule has 0 aliphatic rings. The van der Waals surface area contributed by atoms with E-state index in [9.17, 15) is 18.3 Å². The maximum absolute atomic E-state index is 12.9. The van der Waals surface area contributed by atoms with Crippen molar-refractivity contribution in [3.8, 4) is 17.1 Å². The Kier molecular flexibility index (Phi) is 6.29. The molecule has 0 fully saturated rings. The van der Waals surface area contributed by atoms with Gasteiger partial charge in [0, 0.05) is 16.8 Å². The molecule has 0 atom stereocenters. The molecule has 0 unspecified atom stereocenters. The molecule has 172 valence electrons. The minimum absolute atomic E-state index is 0.103. The number of hydrogen-bond acceptors (Lipinski definition) is 6. The van der Waals surface area contributed by atoms with Gasteiger partial charge in [0.1, 0.15) is 5.75 Å². The number of aryl methyl sites for hydroxylation is 2. The molecule has 4 aromatic rings. The SMILES string of the molecule is Cc1ccc(C)c(S(=O)(=O)Nc2cccc(C(=O)Nc3cnc(-c4cccc(O)c4)nc3)c2)c1. The van der Waals surface area contributed by atoms with Crippen molar-refractivity contribution in [3.63, 3.8) is 0 Å². The Morgan fingerprint density at radius 1 is 0.882 bits per heavy atom. The van der Waals surface area contributed by atoms with Gasteiger partial charge in [-0.1, -0.05) is 30.3 Å². The zero-order valence-corrected chi connectivity index (χ0v) is 19.3. The number of carbonyl (C=O) groups excluding carboxylic acids is 1. The van der Waals surface area contributed by atoms with E-state index >= 15 is 0 Å². The molecule has 0 saturated heterocycles. The van der Waals surface area contributed by atoms with Gasteiger partial charge in [0.05, 0.1) is 23.0 Å². The Bertz CT molecular complexity index is 1470. The van der Waals surface area contributed by atoms with Crippen molar-refractivity contribution in [1.29, 1.82) is 0 Å². The highest BCUT2D eigenvalue weighted by molar-refractivity contribution is 7.92. The van der Waals surface area contributed by atoms with Crippen LogP contribution in [0.1, 0.15) is 21.5 Å². The fourth-order valence-electron chi connectivity index (χ4n) is 3.32. The van der Waals surface area contributed by atoms with Gasteiger partial charge in [-0.3, -0.25) is 9.52 Å². The zero-order valence-electron chi connectivity index (χ0n) is 18.5. The van der Waals surface area contributed by atoms with Crippen LogP contribution < -0.4 is 10.0 Å². The van der Waals surface area contributed by atoms with E-state index in [1.54, 1.807) is 61.5 Å². The van der Waals surface area contributed by atoms with Crippen LogP contribution in [0.25, 0.3) is 11.4 Å². The van der Waals surface area contributed by atoms with Crippen molar-refractivity contribution in [2.24, 2.45) is 0 Å². The van der Waals surface area contributed by atoms with Crippen LogP contribution in [0.3, 0.4) is 0 Å². The second kappa shape index (κ2) is 9.32. The van der Waals surface area contributed by atoms with Crippen LogP contribution in [0.15, 0.2) is 84.0 Å². The first-order valence-corrected chi connectivity index (χ1v) is 11.8. The van der Waals surface area contributed by atoms with E-state index in [0.29, 0.717) is 22.6 Å². The van der Waals surface area contributed by atoms with E-state index in [0.717, 1.165) is 5.56 Å². The van der Waals surface area contributed by atoms with Crippen LogP contribution in [-0.4, -0.2) is 29.4 Å². The number of hydrogen-bond donors (Lipinski definition) is 3. The molecular weight excluding hydrogens is 452 g/mol. The van der Waals surface area contributed by atoms with Crippen LogP contribution in [0.4, 0.5) is 11.4 Å². The number of anilines is 2. The molecule has 34 heavy (non-hydrogen) atoms. The summed E-state index contributed by atoms with van der Waals surface area (Å²) in [5, 5.41) is 12.3. The normalized spacial score (nSPS) is 11.1. The summed E-state index contributed by atoms with van der Waals surface area (Å²) >= 11 is 0. The lowest BCUT2D eigenvalue weighted by molar-refractivity contribution is 0.102. The lowest BCUT2D eigenvalue weighted by Gasteiger charge is -2.12. The predicted octanol–water partition coefficient (Wildman–Crippen LogP) is 4.52. The molecule has 3 aromatic carbocycles. The number of nitrogens with one attached hydrogen (secondary N) is 2. The van der Waals surface area contributed by atoms with Crippen molar-refractivity contribution < 1.29 is 18.3 Å². The first-order valence-electron chi connectivity index (χ1n) is 10.3. The summed E-state index contributed by atoms with van der Waals surface area (Å²) in [6.07, 6.45) is 2.91. The van der Waals surface area contributed by atoms with Gasteiger partial charge in [-0.15, -0.1) is 0 Å². The summed E-state index contributed by atoms with van der Waals surface area (Å²) in [5.74, 6) is 0.0600. The van der Waals surface area contributed by atoms with E-state index in [2.05, 4.69) is 20.0 Å². The predicted molar refractivity (Wildman–Crippen MR) is 130 cm³/mol. The number of sulfonamides is 1. The van der Waals surface area contributed by atoms with Crippen molar-refractivity contribution in [1.82, 2.24) is 9.97 Å². The number of phenols is 1. The molecule has 0 aliphatic heterocycles. The maximum atomic E-state index is 12.9. The van der Waals surface area contributed by atoms with Gasteiger partial charge in [-0.25, -0.2) is 18.4 Å². The number of aromatic nitrogens is 2. The Balaban J connectivity index is 1.49. The molecule has 1 heterocycles. The number of nitrogens with zero attached hydrogens (tertiary/aromatic N) is 2. The molecule has 4 rings (SSSR count). The van der Waals surface area contributed by atoms with Gasteiger partial charge in [-0.05, 0) is 61.4 Å². The first kappa shape index (κ1) is 22.9. The third-order valence-corrected chi connectivity index (χ3v) is 6.55. The van der Waals surface area contributed by atoms with E-state index in [-0.39, 0.29) is 21.9 Å². The van der Waals surface area contributed by atoms with Crippen molar-refractivity contribution in [3.05, 3.63) is 95.8 Å². The standard InChI is InChI=1S/C25H22N4O4S/c1-16-9-10-17(2)23(11-16)34(32,33)29-20-7-3-6-19(12-20)25(31)28-21-14-26-24(27-15-21)18-5-4-8-22(30)13-18/h3-15,29-30H,1-2H3,(H,28,31). The van der Waals surface area contributed by atoms with Crippen LogP contribution in [0.2, 0.25) is 0 Å². The van der Waals surface area contributed by atoms with Crippen molar-refractivity contribution >= 4 is 27.3 Å². The van der Waals surface area contributed by atoms with Gasteiger partial charge in [-0.2, -0.15) is 0 Å². The Hall–Kier alpha value is -4.24. The second-order valence-electron chi connectivity index (χ2n) is 7.76. The highest BCUT2D eigenvalue weighted by Gasteiger charge is 2.18. The van der Waals surface area contributed by atoms with Crippen molar-refractivity contribution in [2.75, 3.05) is 10.0 Å². The summed E-state index contributed by atoms with van der Waals surface area (Å²) in [5.41, 5.74) is 3.00. The molecule has 1 aromatic heterocycles. The van der Waals surface area contributed by atoms with E-state index in [1.165, 1.54) is 18.5 Å². The van der Waals surface area contributed by atoms with Gasteiger partial charge in [0.15, 0.2) is 5.82 Å². The summed E-state index contributed by atoms with van der Waals surface area (Å²) < 4.78 is 28.3. The molecule has 9 heteroatoms. The molecule has 0 saturated carbocycles. The zero-order chi connectivity index (χ0) is 24.3. The van der Waals surface area contributed by atoms with Crippen LogP contribution >= 0.6 is 0 Å². The van der Waals surface area contributed by atoms with Gasteiger partial charge in [0.25, 0.3) is 15.9 Å². The molecule has 0 aliphatic carbocycles. The van der Waals surface area contributed by atoms with E-state index in [4.69, 9.17) is 0 Å². The van der Waals surface area contributed by atoms with Gasteiger partial charge < -0.3 is 10.4 Å². The Morgan fingerprint density at radius 2 is 1.62 bits per heavy atom. The quantitative estimate of drug-likeness (QED) is 0.378. The number of carbonyl (C=O) groups is 1. The second-order valence-corrected chi connectivity index (χ2v) is 9.41. The van der Waals surface area contributed by atoms with E-state index in [1.807, 2.05) is 13.0 Å². The first-order chi connectivity index (χ1) is 16.2. The summed E-state index contributed by atoms with van der Waals surface area (Å²) in [6.45, 7) is 3.55. The number of rotatable bonds is 6. The summed E-state index contributed by atoms with van der Waals surface area (Å²) in [6, 6.07) is 17.9. The average Bonchev–Trinajstić information content (AvgIpc) is 2.81. The lowest BCUT2D eigenvalue weighted by atomic mass is 10.2. The largest absolute Gasteiger partial charge is 0.508 e. The van der Waals surface area contributed by atoms with Gasteiger partial charge in [0.2, 0.25) is 0 Å². The Labute approximate surface area is 197 Å². The summed E-state index contributed by atoms with van der Waals surface area (Å²) in [7, 11) is -3.82. The highest BCUT2D eigenvalue weighted by atomic mass is 32.2. The minimum atomic E-state index is -3.82. The topological polar surface area (TPSA) is 121 Å². The molecule has 0 radical (unpaired) electrons. The summed E-state index contributed by atoms with van der Waals surface area (Å²) in [4.78, 5) is 21.4. The molecule has 0 bridgehead atoms. The smallest absolute Gasteiger partial charge is 0.262 e. The minimum Gasteiger partial charge on any atom is -0.508 e. The molecule has 1 amide bonds. The van der Waals surface area contributed by atoms with Crippen LogP contribution in [0, 0.1) is 13.8 Å². The van der Waals surface area contributed by atoms with Crippen molar-refractivity contribution in [2.45, 2.75) is 18.7 Å². The number of aromatic hydroxyl groups is 1. The number of phenolic OH excluding ortho intramolecular Hbond substituents is 1. The van der Waals surface area contributed by atoms with Gasteiger partial charge >= 0.3 is 0 Å². The fraction of sp³-hybridized carbons (Fsp3) is 0.0800. The molecule has 0 spiro atoms. The lowest BCUT2D eigenvalue weighted by Crippen LogP contribution is -2.16. The maximum Gasteiger partial charge on any atom is 0.262 e. The van der Waals surface area contributed by atoms with E-state index < -0.39 is 15.9 Å². The molecular formula is C25H22N4O4S. The third kappa shape index (κ3) is 5.21. The number of amides is 1. The van der Waals surface area contributed by atoms with Crippen LogP contribution in [-0.2, 0) is 10.0 Å². The Morgan fingerprint density at radius 3 is 2.35 bits per heavy atom. The number of benzene rings is 3. The monoisotopic (exact) mass is 474 g/mol. The highest BCUT2D eigenvalue weighted by Crippen LogP contribution is 2.23. The molecule has 3 N–H and O–H groups in total. The fourth-order valence-corrected chi connectivity index (χ4v) is 4.70. The third-order valence-electron chi connectivity index (χ3n) is 5.02. The van der Waals surface area contributed by atoms with Crippen LogP contribution in [0.5, 0.6) is 5.75 Å². The molecule has 8 nitrogen and oxygen atoms in total. The average molecular weight is 475 g/mol.